The lowest BCUT2D eigenvalue weighted by atomic mass is 10.1. The van der Waals surface area contributed by atoms with Gasteiger partial charge in [-0.3, -0.25) is 0 Å². The maximum atomic E-state index is 11.0. The summed E-state index contributed by atoms with van der Waals surface area (Å²) in [4.78, 5) is 11.0. The van der Waals surface area contributed by atoms with E-state index < -0.39 is 5.97 Å². The SMILES string of the molecule is Cc1cccc(OCc2c(C(=O)O)noc2C)c1C. The van der Waals surface area contributed by atoms with Crippen LogP contribution in [0.15, 0.2) is 22.7 Å². The molecular weight excluding hydrogens is 246 g/mol. The van der Waals surface area contributed by atoms with Crippen molar-refractivity contribution in [2.75, 3.05) is 0 Å². The number of ether oxygens (including phenoxy) is 1. The van der Waals surface area contributed by atoms with Crippen molar-refractivity contribution < 1.29 is 19.2 Å². The van der Waals surface area contributed by atoms with E-state index in [1.807, 2.05) is 32.0 Å². The van der Waals surface area contributed by atoms with Crippen LogP contribution in [0.5, 0.6) is 5.75 Å². The number of carboxylic acid groups (broad SMARTS) is 1. The highest BCUT2D eigenvalue weighted by Gasteiger charge is 2.19. The Bertz CT molecular complexity index is 616. The molecule has 5 heteroatoms. The Balaban J connectivity index is 2.21. The molecule has 1 N–H and O–H groups in total. The second-order valence-electron chi connectivity index (χ2n) is 4.36. The summed E-state index contributed by atoms with van der Waals surface area (Å²) in [5, 5.41) is 12.5. The Labute approximate surface area is 110 Å². The molecule has 0 aliphatic carbocycles. The van der Waals surface area contributed by atoms with Gasteiger partial charge in [0, 0.05) is 0 Å². The molecule has 0 atom stereocenters. The summed E-state index contributed by atoms with van der Waals surface area (Å²) in [7, 11) is 0. The van der Waals surface area contributed by atoms with Gasteiger partial charge in [-0.2, -0.15) is 0 Å². The molecule has 0 saturated heterocycles. The molecule has 0 amide bonds. The van der Waals surface area contributed by atoms with Gasteiger partial charge in [0.1, 0.15) is 18.1 Å². The number of aromatic carboxylic acids is 1. The number of aryl methyl sites for hydroxylation is 2. The monoisotopic (exact) mass is 261 g/mol. The highest BCUT2D eigenvalue weighted by atomic mass is 16.5. The van der Waals surface area contributed by atoms with Crippen molar-refractivity contribution in [1.82, 2.24) is 5.16 Å². The molecule has 0 unspecified atom stereocenters. The van der Waals surface area contributed by atoms with E-state index in [1.54, 1.807) is 6.92 Å². The number of benzene rings is 1. The molecule has 100 valence electrons. The van der Waals surface area contributed by atoms with Crippen LogP contribution in [0.25, 0.3) is 0 Å². The number of carboxylic acids is 1. The fourth-order valence-electron chi connectivity index (χ4n) is 1.76. The lowest BCUT2D eigenvalue weighted by molar-refractivity contribution is 0.0683. The number of hydrogen-bond acceptors (Lipinski definition) is 4. The zero-order valence-electron chi connectivity index (χ0n) is 11.1. The molecule has 0 spiro atoms. The number of hydrogen-bond donors (Lipinski definition) is 1. The fourth-order valence-corrected chi connectivity index (χ4v) is 1.76. The Morgan fingerprint density at radius 3 is 2.79 bits per heavy atom. The van der Waals surface area contributed by atoms with Crippen LogP contribution in [-0.4, -0.2) is 16.2 Å². The summed E-state index contributed by atoms with van der Waals surface area (Å²) in [6.07, 6.45) is 0. The zero-order chi connectivity index (χ0) is 14.0. The predicted octanol–water partition coefficient (Wildman–Crippen LogP) is 2.88. The number of carbonyl (C=O) groups is 1. The molecule has 0 aliphatic heterocycles. The first-order valence-corrected chi connectivity index (χ1v) is 5.88. The molecular formula is C14H15NO4. The molecule has 5 nitrogen and oxygen atoms in total. The molecule has 2 aromatic rings. The molecule has 0 bridgehead atoms. The molecule has 0 saturated carbocycles. The van der Waals surface area contributed by atoms with Crippen molar-refractivity contribution in [2.24, 2.45) is 0 Å². The van der Waals surface area contributed by atoms with E-state index in [4.69, 9.17) is 14.4 Å². The van der Waals surface area contributed by atoms with Crippen LogP contribution in [0.1, 0.15) is 32.9 Å². The van der Waals surface area contributed by atoms with E-state index in [0.717, 1.165) is 16.9 Å². The van der Waals surface area contributed by atoms with E-state index in [-0.39, 0.29) is 12.3 Å². The lowest BCUT2D eigenvalue weighted by Gasteiger charge is -2.10. The third kappa shape index (κ3) is 2.59. The van der Waals surface area contributed by atoms with E-state index in [0.29, 0.717) is 11.3 Å². The van der Waals surface area contributed by atoms with E-state index in [2.05, 4.69) is 5.16 Å². The van der Waals surface area contributed by atoms with Crippen LogP contribution >= 0.6 is 0 Å². The van der Waals surface area contributed by atoms with Crippen LogP contribution in [-0.2, 0) is 6.61 Å². The third-order valence-electron chi connectivity index (χ3n) is 3.11. The standard InChI is InChI=1S/C14H15NO4/c1-8-5-4-6-12(9(8)2)18-7-11-10(3)19-15-13(11)14(16)17/h4-6H,7H2,1-3H3,(H,16,17). The first-order valence-electron chi connectivity index (χ1n) is 5.88. The first kappa shape index (κ1) is 13.1. The van der Waals surface area contributed by atoms with Crippen LogP contribution in [0.2, 0.25) is 0 Å². The molecule has 19 heavy (non-hydrogen) atoms. The number of aromatic nitrogens is 1. The highest BCUT2D eigenvalue weighted by molar-refractivity contribution is 5.87. The highest BCUT2D eigenvalue weighted by Crippen LogP contribution is 2.23. The topological polar surface area (TPSA) is 72.6 Å². The molecule has 1 heterocycles. The quantitative estimate of drug-likeness (QED) is 0.916. The van der Waals surface area contributed by atoms with Crippen molar-refractivity contribution in [3.8, 4) is 5.75 Å². The average Bonchev–Trinajstić information content (AvgIpc) is 2.73. The summed E-state index contributed by atoms with van der Waals surface area (Å²) in [6.45, 7) is 5.75. The molecule has 1 aromatic carbocycles. The molecule has 0 radical (unpaired) electrons. The Kier molecular flexibility index (Phi) is 3.55. The van der Waals surface area contributed by atoms with Crippen molar-refractivity contribution in [2.45, 2.75) is 27.4 Å². The number of rotatable bonds is 4. The van der Waals surface area contributed by atoms with Gasteiger partial charge in [0.05, 0.1) is 5.56 Å². The van der Waals surface area contributed by atoms with Crippen molar-refractivity contribution in [3.63, 3.8) is 0 Å². The van der Waals surface area contributed by atoms with Crippen molar-refractivity contribution in [1.29, 1.82) is 0 Å². The van der Waals surface area contributed by atoms with Crippen LogP contribution < -0.4 is 4.74 Å². The van der Waals surface area contributed by atoms with Gasteiger partial charge < -0.3 is 14.4 Å². The average molecular weight is 261 g/mol. The minimum absolute atomic E-state index is 0.0946. The van der Waals surface area contributed by atoms with Gasteiger partial charge in [0.15, 0.2) is 5.69 Å². The van der Waals surface area contributed by atoms with Gasteiger partial charge in [0.2, 0.25) is 0 Å². The van der Waals surface area contributed by atoms with Crippen LogP contribution in [0.4, 0.5) is 0 Å². The Morgan fingerprint density at radius 1 is 1.37 bits per heavy atom. The summed E-state index contributed by atoms with van der Waals surface area (Å²) < 4.78 is 10.6. The fraction of sp³-hybridized carbons (Fsp3) is 0.286. The van der Waals surface area contributed by atoms with Crippen molar-refractivity contribution >= 4 is 5.97 Å². The molecule has 0 aliphatic rings. The van der Waals surface area contributed by atoms with Gasteiger partial charge in [-0.05, 0) is 38.0 Å². The van der Waals surface area contributed by atoms with Crippen LogP contribution in [0.3, 0.4) is 0 Å². The maximum absolute atomic E-state index is 11.0. The van der Waals surface area contributed by atoms with Gasteiger partial charge >= 0.3 is 5.97 Å². The molecule has 1 aromatic heterocycles. The normalized spacial score (nSPS) is 10.5. The van der Waals surface area contributed by atoms with E-state index >= 15 is 0 Å². The molecule has 0 fully saturated rings. The summed E-state index contributed by atoms with van der Waals surface area (Å²) in [6, 6.07) is 5.75. The van der Waals surface area contributed by atoms with Gasteiger partial charge in [-0.25, -0.2) is 4.79 Å². The lowest BCUT2D eigenvalue weighted by Crippen LogP contribution is -2.06. The first-order chi connectivity index (χ1) is 9.00. The molecule has 2 rings (SSSR count). The minimum Gasteiger partial charge on any atom is -0.488 e. The van der Waals surface area contributed by atoms with Crippen LogP contribution in [0, 0.1) is 20.8 Å². The summed E-state index contributed by atoms with van der Waals surface area (Å²) in [5.74, 6) is 0.0797. The zero-order valence-corrected chi connectivity index (χ0v) is 11.1. The van der Waals surface area contributed by atoms with Gasteiger partial charge in [-0.1, -0.05) is 17.3 Å². The largest absolute Gasteiger partial charge is 0.488 e. The Hall–Kier alpha value is -2.30. The van der Waals surface area contributed by atoms with Gasteiger partial charge in [-0.15, -0.1) is 0 Å². The maximum Gasteiger partial charge on any atom is 0.358 e. The predicted molar refractivity (Wildman–Crippen MR) is 68.4 cm³/mol. The summed E-state index contributed by atoms with van der Waals surface area (Å²) >= 11 is 0. The third-order valence-corrected chi connectivity index (χ3v) is 3.11. The number of nitrogens with zero attached hydrogens (tertiary/aromatic N) is 1. The summed E-state index contributed by atoms with van der Waals surface area (Å²) in [5.41, 5.74) is 2.53. The second-order valence-corrected chi connectivity index (χ2v) is 4.36. The smallest absolute Gasteiger partial charge is 0.358 e. The minimum atomic E-state index is -1.11. The van der Waals surface area contributed by atoms with Crippen molar-refractivity contribution in [3.05, 3.63) is 46.3 Å². The van der Waals surface area contributed by atoms with E-state index in [9.17, 15) is 4.79 Å². The second kappa shape index (κ2) is 5.14. The Morgan fingerprint density at radius 2 is 2.11 bits per heavy atom. The van der Waals surface area contributed by atoms with Gasteiger partial charge in [0.25, 0.3) is 0 Å². The van der Waals surface area contributed by atoms with E-state index in [1.165, 1.54) is 0 Å².